The Bertz CT molecular complexity index is 444. The normalized spacial score (nSPS) is 19.3. The lowest BCUT2D eigenvalue weighted by molar-refractivity contribution is 0.0962. The summed E-state index contributed by atoms with van der Waals surface area (Å²) in [6.07, 6.45) is 7.92. The molecule has 18 heavy (non-hydrogen) atoms. The van der Waals surface area contributed by atoms with Crippen molar-refractivity contribution < 1.29 is 9.53 Å². The number of fused-ring (bicyclic) bond motifs is 1. The van der Waals surface area contributed by atoms with Crippen molar-refractivity contribution in [2.75, 3.05) is 6.61 Å². The van der Waals surface area contributed by atoms with Gasteiger partial charge < -0.3 is 4.74 Å². The summed E-state index contributed by atoms with van der Waals surface area (Å²) in [5.74, 6) is 1.92. The van der Waals surface area contributed by atoms with E-state index < -0.39 is 0 Å². The van der Waals surface area contributed by atoms with E-state index in [4.69, 9.17) is 4.74 Å². The SMILES string of the molecule is O=C(CC1CCCC1)c1ccc2c(c1)CCCO2. The van der Waals surface area contributed by atoms with E-state index in [1.165, 1.54) is 31.2 Å². The average molecular weight is 244 g/mol. The highest BCUT2D eigenvalue weighted by molar-refractivity contribution is 5.96. The van der Waals surface area contributed by atoms with Crippen molar-refractivity contribution >= 4 is 5.78 Å². The molecule has 1 aliphatic heterocycles. The molecule has 3 rings (SSSR count). The molecular weight excluding hydrogens is 224 g/mol. The van der Waals surface area contributed by atoms with E-state index >= 15 is 0 Å². The van der Waals surface area contributed by atoms with Gasteiger partial charge in [-0.1, -0.05) is 25.7 Å². The van der Waals surface area contributed by atoms with Gasteiger partial charge >= 0.3 is 0 Å². The van der Waals surface area contributed by atoms with Crippen LogP contribution in [0, 0.1) is 5.92 Å². The maximum Gasteiger partial charge on any atom is 0.163 e. The molecule has 0 radical (unpaired) electrons. The highest BCUT2D eigenvalue weighted by Gasteiger charge is 2.20. The van der Waals surface area contributed by atoms with Crippen LogP contribution >= 0.6 is 0 Å². The standard InChI is InChI=1S/C16H20O2/c17-15(10-12-4-1-2-5-12)13-7-8-16-14(11-13)6-3-9-18-16/h7-8,11-12H,1-6,9-10H2. The number of Topliss-reactive ketones (excluding diaryl/α,β-unsaturated/α-hetero) is 1. The fraction of sp³-hybridized carbons (Fsp3) is 0.562. The molecule has 0 atom stereocenters. The van der Waals surface area contributed by atoms with E-state index in [0.29, 0.717) is 11.7 Å². The summed E-state index contributed by atoms with van der Waals surface area (Å²) in [7, 11) is 0. The van der Waals surface area contributed by atoms with Crippen LogP contribution in [0.5, 0.6) is 5.75 Å². The molecule has 1 heterocycles. The molecule has 0 amide bonds. The molecule has 1 aromatic carbocycles. The van der Waals surface area contributed by atoms with Crippen molar-refractivity contribution in [2.24, 2.45) is 5.92 Å². The van der Waals surface area contributed by atoms with E-state index in [2.05, 4.69) is 0 Å². The summed E-state index contributed by atoms with van der Waals surface area (Å²) in [6, 6.07) is 5.95. The predicted molar refractivity (Wildman–Crippen MR) is 71.2 cm³/mol. The number of carbonyl (C=O) groups excluding carboxylic acids is 1. The summed E-state index contributed by atoms with van der Waals surface area (Å²) < 4.78 is 5.58. The molecule has 0 N–H and O–H groups in total. The van der Waals surface area contributed by atoms with Crippen LogP contribution in [0.15, 0.2) is 18.2 Å². The number of rotatable bonds is 3. The van der Waals surface area contributed by atoms with Gasteiger partial charge in [-0.3, -0.25) is 4.79 Å². The van der Waals surface area contributed by atoms with Crippen molar-refractivity contribution in [3.05, 3.63) is 29.3 Å². The van der Waals surface area contributed by atoms with Gasteiger partial charge in [0.05, 0.1) is 6.61 Å². The second kappa shape index (κ2) is 5.13. The fourth-order valence-corrected chi connectivity index (χ4v) is 3.13. The molecule has 0 saturated heterocycles. The lowest BCUT2D eigenvalue weighted by Gasteiger charge is -2.18. The fourth-order valence-electron chi connectivity index (χ4n) is 3.13. The van der Waals surface area contributed by atoms with Crippen LogP contribution in [-0.4, -0.2) is 12.4 Å². The molecule has 2 aliphatic rings. The van der Waals surface area contributed by atoms with Crippen LogP contribution in [0.2, 0.25) is 0 Å². The number of carbonyl (C=O) groups is 1. The molecule has 2 nitrogen and oxygen atoms in total. The second-order valence-corrected chi connectivity index (χ2v) is 5.55. The van der Waals surface area contributed by atoms with E-state index in [0.717, 1.165) is 37.2 Å². The first kappa shape index (κ1) is 11.8. The average Bonchev–Trinajstić information content (AvgIpc) is 2.91. The Morgan fingerprint density at radius 1 is 1.22 bits per heavy atom. The summed E-state index contributed by atoms with van der Waals surface area (Å²) >= 11 is 0. The van der Waals surface area contributed by atoms with Gasteiger partial charge in [0.15, 0.2) is 5.78 Å². The molecule has 1 aromatic rings. The highest BCUT2D eigenvalue weighted by Crippen LogP contribution is 2.30. The molecule has 1 fully saturated rings. The van der Waals surface area contributed by atoms with Crippen LogP contribution in [0.4, 0.5) is 0 Å². The number of ether oxygens (including phenoxy) is 1. The number of hydrogen-bond acceptors (Lipinski definition) is 2. The first-order chi connectivity index (χ1) is 8.83. The summed E-state index contributed by atoms with van der Waals surface area (Å²) in [5, 5.41) is 0. The van der Waals surface area contributed by atoms with Crippen LogP contribution in [0.1, 0.15) is 54.4 Å². The zero-order valence-corrected chi connectivity index (χ0v) is 10.8. The molecule has 0 spiro atoms. The topological polar surface area (TPSA) is 26.3 Å². The van der Waals surface area contributed by atoms with Gasteiger partial charge in [-0.05, 0) is 42.5 Å². The molecule has 0 unspecified atom stereocenters. The molecule has 2 heteroatoms. The van der Waals surface area contributed by atoms with Gasteiger partial charge in [-0.25, -0.2) is 0 Å². The third-order valence-electron chi connectivity index (χ3n) is 4.18. The zero-order valence-electron chi connectivity index (χ0n) is 10.8. The number of ketones is 1. The number of benzene rings is 1. The lowest BCUT2D eigenvalue weighted by atomic mass is 9.95. The Balaban J connectivity index is 1.73. The van der Waals surface area contributed by atoms with Gasteiger partial charge in [-0.2, -0.15) is 0 Å². The van der Waals surface area contributed by atoms with Gasteiger partial charge in [0, 0.05) is 12.0 Å². The van der Waals surface area contributed by atoms with Gasteiger partial charge in [0.25, 0.3) is 0 Å². The summed E-state index contributed by atoms with van der Waals surface area (Å²) in [6.45, 7) is 0.808. The maximum atomic E-state index is 12.2. The Kier molecular flexibility index (Phi) is 3.35. The molecule has 0 bridgehead atoms. The van der Waals surface area contributed by atoms with Crippen molar-refractivity contribution in [3.8, 4) is 5.75 Å². The van der Waals surface area contributed by atoms with Crippen LogP contribution in [-0.2, 0) is 6.42 Å². The maximum absolute atomic E-state index is 12.2. The first-order valence-electron chi connectivity index (χ1n) is 7.12. The van der Waals surface area contributed by atoms with Crippen molar-refractivity contribution in [1.82, 2.24) is 0 Å². The number of aryl methyl sites for hydroxylation is 1. The summed E-state index contributed by atoms with van der Waals surface area (Å²) in [5.41, 5.74) is 2.09. The van der Waals surface area contributed by atoms with Gasteiger partial charge in [0.1, 0.15) is 5.75 Å². The van der Waals surface area contributed by atoms with E-state index in [-0.39, 0.29) is 0 Å². The quantitative estimate of drug-likeness (QED) is 0.756. The van der Waals surface area contributed by atoms with Crippen LogP contribution in [0.3, 0.4) is 0 Å². The highest BCUT2D eigenvalue weighted by atomic mass is 16.5. The predicted octanol–water partition coefficient (Wildman–Crippen LogP) is 3.77. The van der Waals surface area contributed by atoms with Crippen LogP contribution in [0.25, 0.3) is 0 Å². The number of hydrogen-bond donors (Lipinski definition) is 0. The minimum Gasteiger partial charge on any atom is -0.493 e. The minimum atomic E-state index is 0.315. The Labute approximate surface area is 108 Å². The molecule has 1 saturated carbocycles. The molecule has 0 aromatic heterocycles. The lowest BCUT2D eigenvalue weighted by Crippen LogP contribution is -2.11. The Morgan fingerprint density at radius 3 is 2.89 bits per heavy atom. The third-order valence-corrected chi connectivity index (χ3v) is 4.18. The van der Waals surface area contributed by atoms with Gasteiger partial charge in [-0.15, -0.1) is 0 Å². The smallest absolute Gasteiger partial charge is 0.163 e. The Morgan fingerprint density at radius 2 is 2.06 bits per heavy atom. The van der Waals surface area contributed by atoms with Crippen molar-refractivity contribution in [1.29, 1.82) is 0 Å². The Hall–Kier alpha value is -1.31. The van der Waals surface area contributed by atoms with E-state index in [1.54, 1.807) is 0 Å². The third kappa shape index (κ3) is 2.43. The largest absolute Gasteiger partial charge is 0.493 e. The molecule has 1 aliphatic carbocycles. The summed E-state index contributed by atoms with van der Waals surface area (Å²) in [4.78, 5) is 12.2. The van der Waals surface area contributed by atoms with Crippen molar-refractivity contribution in [2.45, 2.75) is 44.9 Å². The monoisotopic (exact) mass is 244 g/mol. The van der Waals surface area contributed by atoms with Crippen molar-refractivity contribution in [3.63, 3.8) is 0 Å². The molecular formula is C16H20O2. The molecule has 96 valence electrons. The minimum absolute atomic E-state index is 0.315. The van der Waals surface area contributed by atoms with Crippen LogP contribution < -0.4 is 4.74 Å². The second-order valence-electron chi connectivity index (χ2n) is 5.55. The van der Waals surface area contributed by atoms with E-state index in [1.807, 2.05) is 18.2 Å². The van der Waals surface area contributed by atoms with Gasteiger partial charge in [0.2, 0.25) is 0 Å². The first-order valence-corrected chi connectivity index (χ1v) is 7.12. The van der Waals surface area contributed by atoms with E-state index in [9.17, 15) is 4.79 Å². The zero-order chi connectivity index (χ0) is 12.4.